The average molecular weight is 324 g/mol. The van der Waals surface area contributed by atoms with Crippen LogP contribution in [0.1, 0.15) is 29.8 Å². The molecule has 0 fully saturated rings. The third-order valence-electron chi connectivity index (χ3n) is 3.86. The zero-order valence-corrected chi connectivity index (χ0v) is 13.1. The van der Waals surface area contributed by atoms with Crippen molar-refractivity contribution < 1.29 is 4.39 Å². The summed E-state index contributed by atoms with van der Waals surface area (Å²) >= 11 is 0. The van der Waals surface area contributed by atoms with Gasteiger partial charge >= 0.3 is 0 Å². The highest BCUT2D eigenvalue weighted by Crippen LogP contribution is 2.24. The molecule has 1 atom stereocenters. The molecule has 0 aliphatic carbocycles. The molecule has 0 aliphatic heterocycles. The third-order valence-corrected chi connectivity index (χ3v) is 3.86. The van der Waals surface area contributed by atoms with Gasteiger partial charge in [0.1, 0.15) is 23.7 Å². The maximum absolute atomic E-state index is 13.9. The number of H-pyrrole nitrogens is 1. The maximum atomic E-state index is 13.9. The summed E-state index contributed by atoms with van der Waals surface area (Å²) in [5.41, 5.74) is 8.70. The van der Waals surface area contributed by atoms with Gasteiger partial charge in [-0.3, -0.25) is 5.41 Å². The molecule has 0 bridgehead atoms. The van der Waals surface area contributed by atoms with Crippen LogP contribution in [0.3, 0.4) is 0 Å². The van der Waals surface area contributed by atoms with Gasteiger partial charge in [-0.15, -0.1) is 0 Å². The molecule has 1 unspecified atom stereocenters. The van der Waals surface area contributed by atoms with E-state index in [2.05, 4.69) is 15.1 Å². The van der Waals surface area contributed by atoms with Gasteiger partial charge in [0.15, 0.2) is 0 Å². The number of halogens is 1. The molecule has 3 aromatic rings. The van der Waals surface area contributed by atoms with Crippen LogP contribution in [0.15, 0.2) is 53.8 Å². The molecule has 122 valence electrons. The van der Waals surface area contributed by atoms with Crippen LogP contribution in [-0.2, 0) is 0 Å². The molecule has 0 saturated heterocycles. The quantitative estimate of drug-likeness (QED) is 0.497. The summed E-state index contributed by atoms with van der Waals surface area (Å²) in [6.45, 7) is 2.02. The average Bonchev–Trinajstić information content (AvgIpc) is 3.25. The Hall–Kier alpha value is -3.22. The van der Waals surface area contributed by atoms with Crippen LogP contribution in [0.5, 0.6) is 0 Å². The number of aromatic amines is 1. The van der Waals surface area contributed by atoms with Crippen molar-refractivity contribution in [3.8, 4) is 5.69 Å². The van der Waals surface area contributed by atoms with Crippen molar-refractivity contribution in [1.29, 1.82) is 5.41 Å². The Morgan fingerprint density at radius 3 is 2.92 bits per heavy atom. The molecule has 7 heteroatoms. The Kier molecular flexibility index (Phi) is 4.24. The lowest BCUT2D eigenvalue weighted by molar-refractivity contribution is 0.611. The van der Waals surface area contributed by atoms with Gasteiger partial charge in [0.05, 0.1) is 11.9 Å². The molecular weight excluding hydrogens is 307 g/mol. The molecule has 4 N–H and O–H groups in total. The van der Waals surface area contributed by atoms with Gasteiger partial charge in [-0.05, 0) is 29.8 Å². The van der Waals surface area contributed by atoms with E-state index in [9.17, 15) is 4.39 Å². The van der Waals surface area contributed by atoms with Gasteiger partial charge in [0.2, 0.25) is 0 Å². The summed E-state index contributed by atoms with van der Waals surface area (Å²) in [4.78, 5) is 6.93. The molecule has 1 aromatic carbocycles. The van der Waals surface area contributed by atoms with E-state index in [0.29, 0.717) is 11.4 Å². The van der Waals surface area contributed by atoms with Crippen molar-refractivity contribution in [2.24, 2.45) is 10.7 Å². The van der Waals surface area contributed by atoms with Gasteiger partial charge in [-0.2, -0.15) is 5.10 Å². The van der Waals surface area contributed by atoms with Crippen LogP contribution < -0.4 is 5.73 Å². The number of nitrogens with zero attached hydrogens (tertiary/aromatic N) is 3. The Balaban J connectivity index is 1.87. The first-order chi connectivity index (χ1) is 11.6. The van der Waals surface area contributed by atoms with E-state index in [1.54, 1.807) is 30.6 Å². The Morgan fingerprint density at radius 1 is 1.38 bits per heavy atom. The zero-order chi connectivity index (χ0) is 17.1. The normalized spacial score (nSPS) is 13.0. The van der Waals surface area contributed by atoms with Crippen molar-refractivity contribution in [1.82, 2.24) is 14.8 Å². The number of nitrogens with one attached hydrogen (secondary N) is 2. The molecule has 0 radical (unpaired) electrons. The minimum Gasteiger partial charge on any atom is -0.382 e. The topological polar surface area (TPSA) is 95.8 Å². The number of rotatable bonds is 5. The van der Waals surface area contributed by atoms with Gasteiger partial charge in [0, 0.05) is 17.8 Å². The van der Waals surface area contributed by atoms with E-state index in [4.69, 9.17) is 11.1 Å². The summed E-state index contributed by atoms with van der Waals surface area (Å²) in [6.07, 6.45) is 4.42. The molecule has 6 nitrogen and oxygen atoms in total. The van der Waals surface area contributed by atoms with Crippen LogP contribution in [0.2, 0.25) is 0 Å². The molecule has 24 heavy (non-hydrogen) atoms. The van der Waals surface area contributed by atoms with E-state index < -0.39 is 0 Å². The first kappa shape index (κ1) is 15.7. The van der Waals surface area contributed by atoms with Crippen LogP contribution >= 0.6 is 0 Å². The Bertz CT molecular complexity index is 892. The zero-order valence-electron chi connectivity index (χ0n) is 13.1. The summed E-state index contributed by atoms with van der Waals surface area (Å²) < 4.78 is 15.4. The van der Waals surface area contributed by atoms with E-state index in [0.717, 1.165) is 17.6 Å². The number of para-hydroxylation sites is 1. The summed E-state index contributed by atoms with van der Waals surface area (Å²) in [6, 6.07) is 10.2. The van der Waals surface area contributed by atoms with E-state index >= 15 is 0 Å². The number of aliphatic imine (C=N–C) groups is 1. The van der Waals surface area contributed by atoms with E-state index in [-0.39, 0.29) is 17.6 Å². The standard InChI is InChI=1S/C17H17FN6/c1-11(14-6-7-15(23-14)17(20)21-10-19)12-8-22-24(9-12)16-5-3-2-4-13(16)18/h2-11,23H,1H3,(H3,19,20,21). The number of aromatic nitrogens is 3. The first-order valence-electron chi connectivity index (χ1n) is 7.41. The molecule has 0 spiro atoms. The first-order valence-corrected chi connectivity index (χ1v) is 7.41. The van der Waals surface area contributed by atoms with Gasteiger partial charge in [-0.25, -0.2) is 14.1 Å². The van der Waals surface area contributed by atoms with Crippen LogP contribution in [-0.4, -0.2) is 26.9 Å². The number of amidine groups is 1. The highest BCUT2D eigenvalue weighted by molar-refractivity contribution is 5.99. The second-order valence-electron chi connectivity index (χ2n) is 5.36. The van der Waals surface area contributed by atoms with Gasteiger partial charge in [0.25, 0.3) is 0 Å². The molecule has 2 heterocycles. The van der Waals surface area contributed by atoms with Crippen molar-refractivity contribution in [2.75, 3.05) is 0 Å². The van der Waals surface area contributed by atoms with E-state index in [1.165, 1.54) is 10.7 Å². The van der Waals surface area contributed by atoms with E-state index in [1.807, 2.05) is 19.1 Å². The highest BCUT2D eigenvalue weighted by Gasteiger charge is 2.15. The SMILES string of the molecule is CC(c1cnn(-c2ccccc2F)c1)c1ccc(C(N)=NC=N)[nH]1. The lowest BCUT2D eigenvalue weighted by Crippen LogP contribution is -2.14. The molecule has 0 amide bonds. The minimum atomic E-state index is -0.322. The molecule has 0 saturated carbocycles. The smallest absolute Gasteiger partial charge is 0.148 e. The Labute approximate surface area is 138 Å². The van der Waals surface area contributed by atoms with Crippen molar-refractivity contribution >= 4 is 12.2 Å². The maximum Gasteiger partial charge on any atom is 0.148 e. The molecular formula is C17H17FN6. The lowest BCUT2D eigenvalue weighted by atomic mass is 10.0. The van der Waals surface area contributed by atoms with Crippen LogP contribution in [0.25, 0.3) is 5.69 Å². The second kappa shape index (κ2) is 6.49. The van der Waals surface area contributed by atoms with Crippen molar-refractivity contribution in [3.05, 3.63) is 71.6 Å². The Morgan fingerprint density at radius 2 is 2.17 bits per heavy atom. The minimum absolute atomic E-state index is 0.0204. The second-order valence-corrected chi connectivity index (χ2v) is 5.36. The fourth-order valence-corrected chi connectivity index (χ4v) is 2.46. The number of hydrogen-bond acceptors (Lipinski definition) is 2. The van der Waals surface area contributed by atoms with Gasteiger partial charge < -0.3 is 10.7 Å². The summed E-state index contributed by atoms with van der Waals surface area (Å²) in [7, 11) is 0. The van der Waals surface area contributed by atoms with Crippen LogP contribution in [0.4, 0.5) is 4.39 Å². The van der Waals surface area contributed by atoms with Crippen molar-refractivity contribution in [2.45, 2.75) is 12.8 Å². The number of hydrogen-bond donors (Lipinski definition) is 3. The number of nitrogens with two attached hydrogens (primary N) is 1. The largest absolute Gasteiger partial charge is 0.382 e. The predicted molar refractivity (Wildman–Crippen MR) is 91.3 cm³/mol. The number of benzene rings is 1. The lowest BCUT2D eigenvalue weighted by Gasteiger charge is -2.07. The third kappa shape index (κ3) is 2.96. The summed E-state index contributed by atoms with van der Waals surface area (Å²) in [5, 5.41) is 11.2. The van der Waals surface area contributed by atoms with Gasteiger partial charge in [-0.1, -0.05) is 19.1 Å². The summed E-state index contributed by atoms with van der Waals surface area (Å²) in [5.74, 6) is -0.0462. The fraction of sp³-hybridized carbons (Fsp3) is 0.118. The molecule has 2 aromatic heterocycles. The monoisotopic (exact) mass is 324 g/mol. The van der Waals surface area contributed by atoms with Crippen LogP contribution in [0, 0.1) is 11.2 Å². The van der Waals surface area contributed by atoms with Crippen molar-refractivity contribution in [3.63, 3.8) is 0 Å². The molecule has 3 rings (SSSR count). The molecule has 0 aliphatic rings. The predicted octanol–water partition coefficient (Wildman–Crippen LogP) is 2.80. The fourth-order valence-electron chi connectivity index (χ4n) is 2.46. The highest BCUT2D eigenvalue weighted by atomic mass is 19.1.